The fraction of sp³-hybridized carbons (Fsp3) is 1.00. The SMILES string of the molecule is CCC(CC)(CO)NS(=O)(=O)CC1CC1. The van der Waals surface area contributed by atoms with E-state index >= 15 is 0 Å². The average Bonchev–Trinajstić information content (AvgIpc) is 2.97. The van der Waals surface area contributed by atoms with Gasteiger partial charge in [-0.2, -0.15) is 0 Å². The highest BCUT2D eigenvalue weighted by molar-refractivity contribution is 7.89. The van der Waals surface area contributed by atoms with E-state index in [1.165, 1.54) is 0 Å². The fourth-order valence-corrected chi connectivity index (χ4v) is 3.67. The fourth-order valence-electron chi connectivity index (χ4n) is 1.62. The molecule has 0 atom stereocenters. The van der Waals surface area contributed by atoms with Crippen LogP contribution in [-0.4, -0.2) is 31.4 Å². The van der Waals surface area contributed by atoms with E-state index in [2.05, 4.69) is 4.72 Å². The Hall–Kier alpha value is -0.130. The smallest absolute Gasteiger partial charge is 0.212 e. The molecule has 0 spiro atoms. The molecule has 1 aliphatic carbocycles. The first kappa shape index (κ1) is 12.9. The topological polar surface area (TPSA) is 66.4 Å². The quantitative estimate of drug-likeness (QED) is 0.688. The van der Waals surface area contributed by atoms with Gasteiger partial charge in [0.1, 0.15) is 0 Å². The number of rotatable bonds is 7. The van der Waals surface area contributed by atoms with Crippen molar-refractivity contribution in [1.82, 2.24) is 4.72 Å². The van der Waals surface area contributed by atoms with Crippen molar-refractivity contribution in [3.05, 3.63) is 0 Å². The van der Waals surface area contributed by atoms with Gasteiger partial charge in [0.25, 0.3) is 0 Å². The predicted octanol–water partition coefficient (Wildman–Crippen LogP) is 0.867. The van der Waals surface area contributed by atoms with Gasteiger partial charge in [-0.25, -0.2) is 13.1 Å². The minimum absolute atomic E-state index is 0.135. The highest BCUT2D eigenvalue weighted by Crippen LogP contribution is 2.30. The molecule has 0 saturated heterocycles. The molecular formula is C10H21NO3S. The maximum Gasteiger partial charge on any atom is 0.212 e. The Morgan fingerprint density at radius 3 is 2.20 bits per heavy atom. The molecule has 4 nitrogen and oxygen atoms in total. The Labute approximate surface area is 92.1 Å². The molecule has 0 aliphatic heterocycles. The number of aliphatic hydroxyl groups excluding tert-OH is 1. The van der Waals surface area contributed by atoms with Crippen LogP contribution in [0.2, 0.25) is 0 Å². The Morgan fingerprint density at radius 2 is 1.87 bits per heavy atom. The summed E-state index contributed by atoms with van der Waals surface area (Å²) in [4.78, 5) is 0. The van der Waals surface area contributed by atoms with Gasteiger partial charge in [-0.3, -0.25) is 0 Å². The number of hydrogen-bond acceptors (Lipinski definition) is 3. The number of hydrogen-bond donors (Lipinski definition) is 2. The van der Waals surface area contributed by atoms with Gasteiger partial charge in [0.05, 0.1) is 17.9 Å². The third-order valence-electron chi connectivity index (χ3n) is 3.18. The van der Waals surface area contributed by atoms with Crippen LogP contribution in [0.1, 0.15) is 39.5 Å². The van der Waals surface area contributed by atoms with Crippen LogP contribution in [0.25, 0.3) is 0 Å². The second kappa shape index (κ2) is 4.80. The van der Waals surface area contributed by atoms with Gasteiger partial charge in [0.15, 0.2) is 0 Å². The summed E-state index contributed by atoms with van der Waals surface area (Å²) in [6.07, 6.45) is 3.27. The van der Waals surface area contributed by atoms with E-state index in [0.717, 1.165) is 12.8 Å². The summed E-state index contributed by atoms with van der Waals surface area (Å²) >= 11 is 0. The molecule has 1 fully saturated rings. The van der Waals surface area contributed by atoms with Crippen LogP contribution in [0.15, 0.2) is 0 Å². The van der Waals surface area contributed by atoms with E-state index < -0.39 is 15.6 Å². The van der Waals surface area contributed by atoms with Gasteiger partial charge in [-0.1, -0.05) is 13.8 Å². The number of aliphatic hydroxyl groups is 1. The van der Waals surface area contributed by atoms with Crippen molar-refractivity contribution in [2.45, 2.75) is 45.1 Å². The molecule has 0 bridgehead atoms. The molecule has 1 aliphatic rings. The second-order valence-corrected chi connectivity index (χ2v) is 6.24. The highest BCUT2D eigenvalue weighted by Gasteiger charge is 2.34. The molecule has 0 aromatic rings. The molecule has 1 saturated carbocycles. The third kappa shape index (κ3) is 3.74. The molecule has 2 N–H and O–H groups in total. The zero-order chi connectivity index (χ0) is 11.5. The summed E-state index contributed by atoms with van der Waals surface area (Å²) < 4.78 is 26.2. The summed E-state index contributed by atoms with van der Waals surface area (Å²) in [6.45, 7) is 3.64. The van der Waals surface area contributed by atoms with Gasteiger partial charge < -0.3 is 5.11 Å². The summed E-state index contributed by atoms with van der Waals surface area (Å²) in [5, 5.41) is 9.26. The van der Waals surface area contributed by atoms with E-state index in [1.807, 2.05) is 13.8 Å². The molecule has 0 radical (unpaired) electrons. The Bertz CT molecular complexity index is 284. The molecule has 15 heavy (non-hydrogen) atoms. The van der Waals surface area contributed by atoms with Crippen LogP contribution in [0.5, 0.6) is 0 Å². The number of sulfonamides is 1. The molecule has 0 heterocycles. The number of nitrogens with one attached hydrogen (secondary N) is 1. The lowest BCUT2D eigenvalue weighted by Gasteiger charge is -2.30. The normalized spacial score (nSPS) is 18.1. The summed E-state index contributed by atoms with van der Waals surface area (Å²) in [5.74, 6) is 0.557. The average molecular weight is 235 g/mol. The lowest BCUT2D eigenvalue weighted by molar-refractivity contribution is 0.172. The van der Waals surface area contributed by atoms with Crippen molar-refractivity contribution < 1.29 is 13.5 Å². The van der Waals surface area contributed by atoms with Gasteiger partial charge in [-0.05, 0) is 31.6 Å². The van der Waals surface area contributed by atoms with E-state index in [0.29, 0.717) is 18.8 Å². The van der Waals surface area contributed by atoms with Crippen molar-refractivity contribution >= 4 is 10.0 Å². The van der Waals surface area contributed by atoms with Crippen LogP contribution in [0, 0.1) is 5.92 Å². The molecule has 0 aromatic heterocycles. The largest absolute Gasteiger partial charge is 0.394 e. The molecule has 90 valence electrons. The third-order valence-corrected chi connectivity index (χ3v) is 4.83. The zero-order valence-electron chi connectivity index (χ0n) is 9.49. The summed E-state index contributed by atoms with van der Waals surface area (Å²) in [6, 6.07) is 0. The summed E-state index contributed by atoms with van der Waals surface area (Å²) in [5.41, 5.74) is -0.659. The Morgan fingerprint density at radius 1 is 1.33 bits per heavy atom. The van der Waals surface area contributed by atoms with Gasteiger partial charge in [-0.15, -0.1) is 0 Å². The highest BCUT2D eigenvalue weighted by atomic mass is 32.2. The molecule has 5 heteroatoms. The molecular weight excluding hydrogens is 214 g/mol. The van der Waals surface area contributed by atoms with Crippen LogP contribution in [0.4, 0.5) is 0 Å². The molecule has 0 aromatic carbocycles. The minimum atomic E-state index is -3.22. The standard InChI is InChI=1S/C10H21NO3S/c1-3-10(4-2,8-12)11-15(13,14)7-9-5-6-9/h9,11-12H,3-8H2,1-2H3. The molecule has 0 unspecified atom stereocenters. The van der Waals surface area contributed by atoms with Gasteiger partial charge >= 0.3 is 0 Å². The van der Waals surface area contributed by atoms with Gasteiger partial charge in [0.2, 0.25) is 10.0 Å². The Balaban J connectivity index is 2.62. The lowest BCUT2D eigenvalue weighted by Crippen LogP contribution is -2.51. The zero-order valence-corrected chi connectivity index (χ0v) is 10.3. The van der Waals surface area contributed by atoms with Crippen LogP contribution in [-0.2, 0) is 10.0 Å². The Kier molecular flexibility index (Phi) is 4.14. The molecule has 1 rings (SSSR count). The lowest BCUT2D eigenvalue weighted by atomic mass is 9.96. The first-order valence-electron chi connectivity index (χ1n) is 5.59. The second-order valence-electron chi connectivity index (χ2n) is 4.47. The van der Waals surface area contributed by atoms with Crippen LogP contribution in [0.3, 0.4) is 0 Å². The van der Waals surface area contributed by atoms with Crippen molar-refractivity contribution in [3.8, 4) is 0 Å². The van der Waals surface area contributed by atoms with E-state index in [1.54, 1.807) is 0 Å². The monoisotopic (exact) mass is 235 g/mol. The van der Waals surface area contributed by atoms with Crippen molar-refractivity contribution in [3.63, 3.8) is 0 Å². The van der Waals surface area contributed by atoms with E-state index in [9.17, 15) is 13.5 Å². The maximum atomic E-state index is 11.8. The summed E-state index contributed by atoms with van der Waals surface area (Å²) in [7, 11) is -3.22. The maximum absolute atomic E-state index is 11.8. The van der Waals surface area contributed by atoms with Gasteiger partial charge in [0, 0.05) is 0 Å². The minimum Gasteiger partial charge on any atom is -0.394 e. The van der Waals surface area contributed by atoms with Crippen LogP contribution < -0.4 is 4.72 Å². The van der Waals surface area contributed by atoms with Crippen molar-refractivity contribution in [1.29, 1.82) is 0 Å². The first-order chi connectivity index (χ1) is 6.97. The van der Waals surface area contributed by atoms with Crippen molar-refractivity contribution in [2.24, 2.45) is 5.92 Å². The van der Waals surface area contributed by atoms with E-state index in [-0.39, 0.29) is 12.4 Å². The van der Waals surface area contributed by atoms with Crippen LogP contribution >= 0.6 is 0 Å². The first-order valence-corrected chi connectivity index (χ1v) is 7.24. The molecule has 0 amide bonds. The predicted molar refractivity (Wildman–Crippen MR) is 60.0 cm³/mol. The van der Waals surface area contributed by atoms with Crippen molar-refractivity contribution in [2.75, 3.05) is 12.4 Å². The van der Waals surface area contributed by atoms with E-state index in [4.69, 9.17) is 0 Å².